The van der Waals surface area contributed by atoms with Crippen molar-refractivity contribution in [2.45, 2.75) is 6.92 Å². The van der Waals surface area contributed by atoms with Crippen LogP contribution < -0.4 is 5.56 Å². The first-order valence-electron chi connectivity index (χ1n) is 7.77. The zero-order chi connectivity index (χ0) is 18.4. The number of halogens is 3. The number of aryl methyl sites for hydroxylation is 1. The van der Waals surface area contributed by atoms with Crippen LogP contribution in [0.25, 0.3) is 27.8 Å². The molecule has 0 amide bonds. The van der Waals surface area contributed by atoms with Crippen LogP contribution in [-0.4, -0.2) is 14.5 Å². The molecule has 0 radical (unpaired) electrons. The highest BCUT2D eigenvalue weighted by Gasteiger charge is 2.18. The summed E-state index contributed by atoms with van der Waals surface area (Å²) in [6, 6.07) is 13.0. The molecule has 4 nitrogen and oxygen atoms in total. The molecule has 26 heavy (non-hydrogen) atoms. The van der Waals surface area contributed by atoms with E-state index in [9.17, 15) is 4.79 Å². The zero-order valence-corrected chi connectivity index (χ0v) is 16.7. The fraction of sp³-hybridized carbons (Fsp3) is 0.0526. The quantitative estimate of drug-likeness (QED) is 0.423. The van der Waals surface area contributed by atoms with Gasteiger partial charge in [0.25, 0.3) is 5.56 Å². The van der Waals surface area contributed by atoms with Gasteiger partial charge in [0, 0.05) is 21.3 Å². The molecule has 0 aliphatic carbocycles. The lowest BCUT2D eigenvalue weighted by Gasteiger charge is -2.07. The van der Waals surface area contributed by atoms with Gasteiger partial charge in [-0.05, 0) is 42.8 Å². The number of nitrogens with zero attached hydrogens (tertiary/aromatic N) is 2. The van der Waals surface area contributed by atoms with E-state index in [0.29, 0.717) is 32.6 Å². The maximum Gasteiger partial charge on any atom is 0.261 e. The molecular weight excluding hydrogens is 437 g/mol. The number of hydrogen-bond acceptors (Lipinski definition) is 2. The summed E-state index contributed by atoms with van der Waals surface area (Å²) in [5.41, 5.74) is 2.77. The molecule has 4 aromatic rings. The van der Waals surface area contributed by atoms with Crippen LogP contribution in [0.2, 0.25) is 10.0 Å². The van der Waals surface area contributed by atoms with E-state index in [1.54, 1.807) is 19.1 Å². The summed E-state index contributed by atoms with van der Waals surface area (Å²) in [6.07, 6.45) is 1.88. The van der Waals surface area contributed by atoms with Crippen molar-refractivity contribution in [2.75, 3.05) is 0 Å². The Labute approximate surface area is 167 Å². The highest BCUT2D eigenvalue weighted by atomic mass is 79.9. The Kier molecular flexibility index (Phi) is 4.39. The third kappa shape index (κ3) is 2.96. The molecule has 0 unspecified atom stereocenters. The first-order valence-corrected chi connectivity index (χ1v) is 9.32. The van der Waals surface area contributed by atoms with E-state index in [1.807, 2.05) is 41.1 Å². The molecule has 7 heteroatoms. The standard InChI is InChI=1S/C19H12BrCl2N3O/c1-10-23-18-17(19(26)24-10)14(11-2-4-12(20)5-3-11)9-25(18)16-7-6-13(21)8-15(16)22/h2-9H,1H3,(H,23,24,26). The first kappa shape index (κ1) is 17.3. The van der Waals surface area contributed by atoms with Gasteiger partial charge in [-0.3, -0.25) is 9.36 Å². The number of aromatic nitrogens is 3. The summed E-state index contributed by atoms with van der Waals surface area (Å²) in [6.45, 7) is 1.75. The van der Waals surface area contributed by atoms with Crippen LogP contribution in [0.3, 0.4) is 0 Å². The number of H-pyrrole nitrogens is 1. The Balaban J connectivity index is 2.08. The molecule has 0 atom stereocenters. The van der Waals surface area contributed by atoms with Gasteiger partial charge >= 0.3 is 0 Å². The molecule has 0 aliphatic heterocycles. The van der Waals surface area contributed by atoms with Crippen molar-refractivity contribution in [3.8, 4) is 16.8 Å². The van der Waals surface area contributed by atoms with Gasteiger partial charge in [-0.2, -0.15) is 0 Å². The average Bonchev–Trinajstić information content (AvgIpc) is 2.95. The minimum Gasteiger partial charge on any atom is -0.310 e. The second-order valence-electron chi connectivity index (χ2n) is 5.87. The van der Waals surface area contributed by atoms with Crippen LogP contribution in [0, 0.1) is 6.92 Å². The highest BCUT2D eigenvalue weighted by molar-refractivity contribution is 9.10. The Morgan fingerprint density at radius 1 is 1.12 bits per heavy atom. The molecule has 0 bridgehead atoms. The van der Waals surface area contributed by atoms with Crippen LogP contribution in [0.1, 0.15) is 5.82 Å². The number of hydrogen-bond donors (Lipinski definition) is 1. The second-order valence-corrected chi connectivity index (χ2v) is 7.62. The fourth-order valence-corrected chi connectivity index (χ4v) is 3.72. The van der Waals surface area contributed by atoms with E-state index in [0.717, 1.165) is 15.6 Å². The summed E-state index contributed by atoms with van der Waals surface area (Å²) in [4.78, 5) is 20.0. The van der Waals surface area contributed by atoms with Gasteiger partial charge in [-0.1, -0.05) is 51.3 Å². The largest absolute Gasteiger partial charge is 0.310 e. The smallest absolute Gasteiger partial charge is 0.261 e. The molecule has 2 aromatic heterocycles. The molecule has 4 rings (SSSR count). The highest BCUT2D eigenvalue weighted by Crippen LogP contribution is 2.33. The lowest BCUT2D eigenvalue weighted by molar-refractivity contribution is 1.01. The summed E-state index contributed by atoms with van der Waals surface area (Å²) >= 11 is 15.8. The Morgan fingerprint density at radius 2 is 1.85 bits per heavy atom. The van der Waals surface area contributed by atoms with E-state index >= 15 is 0 Å². The molecule has 0 fully saturated rings. The van der Waals surface area contributed by atoms with Crippen molar-refractivity contribution >= 4 is 50.2 Å². The van der Waals surface area contributed by atoms with Crippen LogP contribution in [0.5, 0.6) is 0 Å². The van der Waals surface area contributed by atoms with E-state index in [2.05, 4.69) is 25.9 Å². The van der Waals surface area contributed by atoms with Crippen molar-refractivity contribution in [1.82, 2.24) is 14.5 Å². The topological polar surface area (TPSA) is 50.7 Å². The van der Waals surface area contributed by atoms with Crippen molar-refractivity contribution in [3.63, 3.8) is 0 Å². The van der Waals surface area contributed by atoms with E-state index in [1.165, 1.54) is 0 Å². The molecule has 130 valence electrons. The molecule has 0 aliphatic rings. The minimum atomic E-state index is -0.186. The monoisotopic (exact) mass is 447 g/mol. The minimum absolute atomic E-state index is 0.186. The number of nitrogens with one attached hydrogen (secondary N) is 1. The molecule has 0 spiro atoms. The SMILES string of the molecule is Cc1nc2c(c(-c3ccc(Br)cc3)cn2-c2ccc(Cl)cc2Cl)c(=O)[nH]1. The predicted molar refractivity (Wildman–Crippen MR) is 110 cm³/mol. The molecular formula is C19H12BrCl2N3O. The number of rotatable bonds is 2. The van der Waals surface area contributed by atoms with Crippen molar-refractivity contribution in [3.05, 3.63) is 79.4 Å². The van der Waals surface area contributed by atoms with Crippen LogP contribution in [0.4, 0.5) is 0 Å². The molecule has 2 aromatic carbocycles. The summed E-state index contributed by atoms with van der Waals surface area (Å²) in [5, 5.41) is 1.55. The van der Waals surface area contributed by atoms with Gasteiger partial charge in [-0.15, -0.1) is 0 Å². The second kappa shape index (κ2) is 6.58. The number of benzene rings is 2. The Bertz CT molecular complexity index is 1200. The van der Waals surface area contributed by atoms with Gasteiger partial charge in [0.1, 0.15) is 5.82 Å². The zero-order valence-electron chi connectivity index (χ0n) is 13.6. The normalized spacial score (nSPS) is 11.2. The van der Waals surface area contributed by atoms with Gasteiger partial charge in [0.15, 0.2) is 5.65 Å². The molecule has 1 N–H and O–H groups in total. The molecule has 0 saturated heterocycles. The predicted octanol–water partition coefficient (Wildman–Crippen LogP) is 5.76. The fourth-order valence-electron chi connectivity index (χ4n) is 2.95. The van der Waals surface area contributed by atoms with E-state index in [-0.39, 0.29) is 5.56 Å². The Hall–Kier alpha value is -2.08. The van der Waals surface area contributed by atoms with Crippen molar-refractivity contribution in [2.24, 2.45) is 0 Å². The van der Waals surface area contributed by atoms with Crippen molar-refractivity contribution in [1.29, 1.82) is 0 Å². The van der Waals surface area contributed by atoms with Gasteiger partial charge in [-0.25, -0.2) is 4.98 Å². The van der Waals surface area contributed by atoms with Gasteiger partial charge < -0.3 is 4.98 Å². The molecule has 2 heterocycles. The lowest BCUT2D eigenvalue weighted by Crippen LogP contribution is -2.10. The maximum atomic E-state index is 12.7. The Morgan fingerprint density at radius 3 is 2.54 bits per heavy atom. The number of aromatic amines is 1. The van der Waals surface area contributed by atoms with Crippen molar-refractivity contribution < 1.29 is 0 Å². The van der Waals surface area contributed by atoms with E-state index < -0.39 is 0 Å². The van der Waals surface area contributed by atoms with Crippen LogP contribution in [0.15, 0.2) is 57.9 Å². The van der Waals surface area contributed by atoms with Gasteiger partial charge in [0.05, 0.1) is 16.1 Å². The van der Waals surface area contributed by atoms with E-state index in [4.69, 9.17) is 23.2 Å². The summed E-state index contributed by atoms with van der Waals surface area (Å²) in [5.74, 6) is 0.536. The third-order valence-electron chi connectivity index (χ3n) is 4.10. The third-order valence-corrected chi connectivity index (χ3v) is 5.17. The lowest BCUT2D eigenvalue weighted by atomic mass is 10.1. The summed E-state index contributed by atoms with van der Waals surface area (Å²) in [7, 11) is 0. The first-order chi connectivity index (χ1) is 12.4. The molecule has 0 saturated carbocycles. The maximum absolute atomic E-state index is 12.7. The average molecular weight is 449 g/mol. The number of fused-ring (bicyclic) bond motifs is 1. The van der Waals surface area contributed by atoms with Crippen LogP contribution >= 0.6 is 39.1 Å². The van der Waals surface area contributed by atoms with Gasteiger partial charge in [0.2, 0.25) is 0 Å². The van der Waals surface area contributed by atoms with Crippen LogP contribution in [-0.2, 0) is 0 Å². The summed E-state index contributed by atoms with van der Waals surface area (Å²) < 4.78 is 2.79.